The van der Waals surface area contributed by atoms with Crippen LogP contribution in [0.25, 0.3) is 0 Å². The van der Waals surface area contributed by atoms with E-state index < -0.39 is 53.0 Å². The summed E-state index contributed by atoms with van der Waals surface area (Å²) in [7, 11) is 1.51. The molecule has 0 fully saturated rings. The number of benzene rings is 3. The molecule has 0 radical (unpaired) electrons. The molecule has 5 rings (SSSR count). The van der Waals surface area contributed by atoms with Gasteiger partial charge in [-0.05, 0) is 24.3 Å². The summed E-state index contributed by atoms with van der Waals surface area (Å²) < 4.78 is 10.2. The lowest BCUT2D eigenvalue weighted by Gasteiger charge is -2.37. The first-order chi connectivity index (χ1) is 17.6. The van der Waals surface area contributed by atoms with Crippen molar-refractivity contribution < 1.29 is 44.3 Å². The SMILES string of the molecule is COc1ccc(NC(=O)OCC2(O)Cc3c(O)c4c(c(O)c3[C@@H](O)C2)C(=O)c2ccccc2C4=O)cc1. The van der Waals surface area contributed by atoms with Crippen LogP contribution in [0.1, 0.15) is 55.5 Å². The minimum absolute atomic E-state index is 0.0693. The van der Waals surface area contributed by atoms with Crippen LogP contribution in [-0.2, 0) is 11.2 Å². The van der Waals surface area contributed by atoms with Gasteiger partial charge < -0.3 is 29.9 Å². The molecule has 1 amide bonds. The second-order valence-corrected chi connectivity index (χ2v) is 9.09. The summed E-state index contributed by atoms with van der Waals surface area (Å²) >= 11 is 0. The number of aromatic hydroxyl groups is 2. The number of ketones is 2. The van der Waals surface area contributed by atoms with E-state index in [1.807, 2.05) is 0 Å². The van der Waals surface area contributed by atoms with E-state index in [1.54, 1.807) is 36.4 Å². The largest absolute Gasteiger partial charge is 0.507 e. The molecular weight excluding hydrogens is 482 g/mol. The molecule has 10 heteroatoms. The van der Waals surface area contributed by atoms with E-state index in [9.17, 15) is 34.8 Å². The first kappa shape index (κ1) is 24.3. The van der Waals surface area contributed by atoms with Crippen molar-refractivity contribution in [2.24, 2.45) is 0 Å². The zero-order chi connectivity index (χ0) is 26.5. The molecule has 2 aliphatic carbocycles. The predicted octanol–water partition coefficient (Wildman–Crippen LogP) is 2.84. The lowest BCUT2D eigenvalue weighted by molar-refractivity contribution is -0.0613. The van der Waals surface area contributed by atoms with Crippen LogP contribution in [0.5, 0.6) is 17.2 Å². The summed E-state index contributed by atoms with van der Waals surface area (Å²) in [6, 6.07) is 12.5. The number of carbonyl (C=O) groups is 3. The van der Waals surface area contributed by atoms with E-state index in [1.165, 1.54) is 19.2 Å². The number of aliphatic hydroxyl groups is 2. The van der Waals surface area contributed by atoms with E-state index in [-0.39, 0.29) is 40.7 Å². The Kier molecular flexibility index (Phi) is 5.85. The molecule has 0 spiro atoms. The van der Waals surface area contributed by atoms with Gasteiger partial charge in [0.2, 0.25) is 0 Å². The molecule has 0 saturated heterocycles. The molecule has 0 bridgehead atoms. The molecule has 0 aliphatic heterocycles. The highest BCUT2D eigenvalue weighted by Crippen LogP contribution is 2.50. The fourth-order valence-electron chi connectivity index (χ4n) is 4.92. The van der Waals surface area contributed by atoms with E-state index in [0.29, 0.717) is 11.4 Å². The number of methoxy groups -OCH3 is 1. The summed E-state index contributed by atoms with van der Waals surface area (Å²) in [6.45, 7) is -0.557. The number of hydrogen-bond donors (Lipinski definition) is 5. The number of rotatable bonds is 4. The van der Waals surface area contributed by atoms with Gasteiger partial charge in [0.25, 0.3) is 0 Å². The van der Waals surface area contributed by atoms with Gasteiger partial charge in [0.05, 0.1) is 24.3 Å². The Morgan fingerprint density at radius 2 is 1.59 bits per heavy atom. The van der Waals surface area contributed by atoms with Crippen LogP contribution in [0.4, 0.5) is 10.5 Å². The third kappa shape index (κ3) is 4.05. The fourth-order valence-corrected chi connectivity index (χ4v) is 4.92. The van der Waals surface area contributed by atoms with Gasteiger partial charge >= 0.3 is 6.09 Å². The van der Waals surface area contributed by atoms with E-state index in [4.69, 9.17) is 9.47 Å². The zero-order valence-corrected chi connectivity index (χ0v) is 19.6. The molecule has 0 heterocycles. The number of amides is 1. The summed E-state index contributed by atoms with van der Waals surface area (Å²) in [6.07, 6.45) is -3.10. The Balaban J connectivity index is 1.42. The van der Waals surface area contributed by atoms with Crippen LogP contribution in [0.3, 0.4) is 0 Å². The Morgan fingerprint density at radius 1 is 1.00 bits per heavy atom. The molecule has 2 atom stereocenters. The Hall–Kier alpha value is -4.41. The predicted molar refractivity (Wildman–Crippen MR) is 129 cm³/mol. The summed E-state index contributed by atoms with van der Waals surface area (Å²) in [5, 5.41) is 46.4. The van der Waals surface area contributed by atoms with E-state index >= 15 is 0 Å². The van der Waals surface area contributed by atoms with Crippen molar-refractivity contribution in [3.05, 3.63) is 81.9 Å². The molecular formula is C27H23NO9. The van der Waals surface area contributed by atoms with E-state index in [2.05, 4.69) is 5.32 Å². The van der Waals surface area contributed by atoms with Gasteiger partial charge in [-0.1, -0.05) is 24.3 Å². The molecule has 1 unspecified atom stereocenters. The summed E-state index contributed by atoms with van der Waals surface area (Å²) in [5.74, 6) is -1.97. The summed E-state index contributed by atoms with van der Waals surface area (Å²) in [4.78, 5) is 38.5. The first-order valence-corrected chi connectivity index (χ1v) is 11.4. The van der Waals surface area contributed by atoms with Gasteiger partial charge in [-0.3, -0.25) is 14.9 Å². The summed E-state index contributed by atoms with van der Waals surface area (Å²) in [5.41, 5.74) is -2.30. The highest BCUT2D eigenvalue weighted by atomic mass is 16.6. The van der Waals surface area contributed by atoms with Crippen LogP contribution >= 0.6 is 0 Å². The monoisotopic (exact) mass is 505 g/mol. The standard InChI is InChI=1S/C27H23NO9/c1-36-14-8-6-13(7-9-14)28-26(34)37-12-27(35)10-17-19(18(29)11-27)25(33)21-20(24(17)32)22(30)15-4-2-3-5-16(15)23(21)31/h2-9,18,29,32-33,35H,10-12H2,1H3,(H,28,34)/t18-,27?/m0/s1. The number of phenols is 2. The quantitative estimate of drug-likeness (QED) is 0.263. The zero-order valence-electron chi connectivity index (χ0n) is 19.6. The number of fused-ring (bicyclic) bond motifs is 3. The maximum absolute atomic E-state index is 13.2. The number of aliphatic hydroxyl groups excluding tert-OH is 1. The van der Waals surface area contributed by atoms with Gasteiger partial charge in [0.15, 0.2) is 11.6 Å². The van der Waals surface area contributed by atoms with Crippen molar-refractivity contribution in [2.75, 3.05) is 19.0 Å². The van der Waals surface area contributed by atoms with Crippen molar-refractivity contribution in [2.45, 2.75) is 24.5 Å². The van der Waals surface area contributed by atoms with Crippen molar-refractivity contribution in [3.8, 4) is 17.2 Å². The minimum atomic E-state index is -1.83. The Bertz CT molecular complexity index is 1450. The van der Waals surface area contributed by atoms with Gasteiger partial charge in [-0.15, -0.1) is 0 Å². The average Bonchev–Trinajstić information content (AvgIpc) is 2.88. The maximum atomic E-state index is 13.2. The first-order valence-electron chi connectivity index (χ1n) is 11.4. The van der Waals surface area contributed by atoms with Crippen molar-refractivity contribution >= 4 is 23.3 Å². The number of nitrogens with one attached hydrogen (secondary N) is 1. The second kappa shape index (κ2) is 8.91. The third-order valence-corrected chi connectivity index (χ3v) is 6.68. The molecule has 3 aromatic rings. The van der Waals surface area contributed by atoms with Gasteiger partial charge in [-0.25, -0.2) is 4.79 Å². The smallest absolute Gasteiger partial charge is 0.411 e. The molecule has 37 heavy (non-hydrogen) atoms. The molecule has 2 aliphatic rings. The highest BCUT2D eigenvalue weighted by Gasteiger charge is 2.45. The molecule has 5 N–H and O–H groups in total. The van der Waals surface area contributed by atoms with Crippen molar-refractivity contribution in [3.63, 3.8) is 0 Å². The highest BCUT2D eigenvalue weighted by molar-refractivity contribution is 6.30. The number of ether oxygens (including phenoxy) is 2. The lowest BCUT2D eigenvalue weighted by atomic mass is 9.73. The number of anilines is 1. The molecule has 10 nitrogen and oxygen atoms in total. The van der Waals surface area contributed by atoms with Gasteiger partial charge in [0, 0.05) is 40.8 Å². The molecule has 190 valence electrons. The van der Waals surface area contributed by atoms with Crippen molar-refractivity contribution in [1.82, 2.24) is 0 Å². The normalized spacial score (nSPS) is 19.9. The van der Waals surface area contributed by atoms with Crippen LogP contribution in [0, 0.1) is 0 Å². The van der Waals surface area contributed by atoms with Gasteiger partial charge in [-0.2, -0.15) is 0 Å². The molecule has 0 saturated carbocycles. The van der Waals surface area contributed by atoms with Crippen LogP contribution < -0.4 is 10.1 Å². The number of phenolic OH excluding ortho intramolecular Hbond substituents is 2. The van der Waals surface area contributed by atoms with Crippen LogP contribution in [-0.4, -0.2) is 57.4 Å². The maximum Gasteiger partial charge on any atom is 0.411 e. The second-order valence-electron chi connectivity index (χ2n) is 9.09. The average molecular weight is 505 g/mol. The molecule has 0 aromatic heterocycles. The Labute approximate surface area is 210 Å². The fraction of sp³-hybridized carbons (Fsp3) is 0.222. The van der Waals surface area contributed by atoms with Crippen molar-refractivity contribution in [1.29, 1.82) is 0 Å². The van der Waals surface area contributed by atoms with Crippen LogP contribution in [0.2, 0.25) is 0 Å². The topological polar surface area (TPSA) is 163 Å². The van der Waals surface area contributed by atoms with Gasteiger partial charge in [0.1, 0.15) is 29.5 Å². The Morgan fingerprint density at radius 3 is 2.19 bits per heavy atom. The van der Waals surface area contributed by atoms with E-state index in [0.717, 1.165) is 0 Å². The lowest BCUT2D eigenvalue weighted by Crippen LogP contribution is -2.43. The number of hydrogen-bond acceptors (Lipinski definition) is 9. The molecule has 3 aromatic carbocycles. The third-order valence-electron chi connectivity index (χ3n) is 6.68. The van der Waals surface area contributed by atoms with Crippen LogP contribution in [0.15, 0.2) is 48.5 Å². The number of carbonyl (C=O) groups excluding carboxylic acids is 3. The minimum Gasteiger partial charge on any atom is -0.507 e.